The summed E-state index contributed by atoms with van der Waals surface area (Å²) in [4.78, 5) is 18.1. The zero-order valence-corrected chi connectivity index (χ0v) is 24.2. The zero-order valence-electron chi connectivity index (χ0n) is 24.2. The summed E-state index contributed by atoms with van der Waals surface area (Å²) in [5, 5.41) is 0. The van der Waals surface area contributed by atoms with Crippen molar-refractivity contribution in [3.05, 3.63) is 78.0 Å². The van der Waals surface area contributed by atoms with E-state index in [0.717, 1.165) is 68.8 Å². The molecule has 0 atom stereocenters. The van der Waals surface area contributed by atoms with Gasteiger partial charge in [-0.15, -0.1) is 0 Å². The number of nitrogens with two attached hydrogens (primary N) is 1. The van der Waals surface area contributed by atoms with Crippen LogP contribution < -0.4 is 10.6 Å². The van der Waals surface area contributed by atoms with E-state index in [9.17, 15) is 22.0 Å². The van der Waals surface area contributed by atoms with Crippen molar-refractivity contribution >= 4 is 11.6 Å². The Bertz CT molecular complexity index is 1590. The van der Waals surface area contributed by atoms with Gasteiger partial charge in [-0.05, 0) is 74.7 Å². The highest BCUT2D eigenvalue weighted by Gasteiger charge is 2.35. The van der Waals surface area contributed by atoms with Crippen LogP contribution in [0.4, 0.5) is 33.6 Å². The molecule has 0 saturated carbocycles. The monoisotopic (exact) mass is 611 g/mol. The number of aromatic nitrogens is 4. The molecule has 4 aromatic rings. The van der Waals surface area contributed by atoms with E-state index in [2.05, 4.69) is 24.3 Å². The first kappa shape index (κ1) is 30.0. The molecule has 0 amide bonds. The number of nitrogens with zero attached hydrogens (tertiary/aromatic N) is 6. The van der Waals surface area contributed by atoms with Crippen LogP contribution in [0.5, 0.6) is 0 Å². The summed E-state index contributed by atoms with van der Waals surface area (Å²) in [7, 11) is 0. The molecule has 0 spiro atoms. The van der Waals surface area contributed by atoms with Crippen LogP contribution in [0.25, 0.3) is 22.4 Å². The Morgan fingerprint density at radius 3 is 2.25 bits per heavy atom. The minimum atomic E-state index is -4.80. The molecule has 2 saturated heterocycles. The lowest BCUT2D eigenvalue weighted by Crippen LogP contribution is -2.35. The van der Waals surface area contributed by atoms with E-state index < -0.39 is 17.6 Å². The number of halogens is 5. The van der Waals surface area contributed by atoms with Crippen LogP contribution in [0.1, 0.15) is 49.4 Å². The van der Waals surface area contributed by atoms with Crippen molar-refractivity contribution in [3.63, 3.8) is 0 Å². The summed E-state index contributed by atoms with van der Waals surface area (Å²) >= 11 is 0. The summed E-state index contributed by atoms with van der Waals surface area (Å²) in [5.41, 5.74) is 6.95. The molecule has 2 aliphatic rings. The molecule has 0 radical (unpaired) electrons. The molecule has 2 aliphatic heterocycles. The van der Waals surface area contributed by atoms with Crippen molar-refractivity contribution in [1.82, 2.24) is 24.4 Å². The number of alkyl halides is 3. The number of hydrogen-bond donors (Lipinski definition) is 1. The number of imidazole rings is 1. The summed E-state index contributed by atoms with van der Waals surface area (Å²) < 4.78 is 70.2. The van der Waals surface area contributed by atoms with Crippen LogP contribution >= 0.6 is 0 Å². The maximum absolute atomic E-state index is 14.1. The lowest BCUT2D eigenvalue weighted by atomic mass is 9.95. The lowest BCUT2D eigenvalue weighted by molar-refractivity contribution is -0.139. The third kappa shape index (κ3) is 6.40. The fourth-order valence-corrected chi connectivity index (χ4v) is 6.28. The molecule has 2 aromatic heterocycles. The number of rotatable bonds is 7. The predicted molar refractivity (Wildman–Crippen MR) is 159 cm³/mol. The van der Waals surface area contributed by atoms with Crippen LogP contribution in [-0.2, 0) is 12.7 Å². The van der Waals surface area contributed by atoms with E-state index in [1.807, 2.05) is 0 Å². The molecule has 0 bridgehead atoms. The summed E-state index contributed by atoms with van der Waals surface area (Å²) in [5.74, 6) is 0.190. The van der Waals surface area contributed by atoms with Crippen molar-refractivity contribution in [1.29, 1.82) is 0 Å². The maximum atomic E-state index is 14.1. The van der Waals surface area contributed by atoms with Gasteiger partial charge in [0.2, 0.25) is 0 Å². The van der Waals surface area contributed by atoms with Crippen molar-refractivity contribution in [2.24, 2.45) is 0 Å². The van der Waals surface area contributed by atoms with Gasteiger partial charge in [-0.2, -0.15) is 13.2 Å². The Morgan fingerprint density at radius 1 is 0.841 bits per heavy atom. The van der Waals surface area contributed by atoms with E-state index >= 15 is 0 Å². The number of hydrogen-bond acceptors (Lipinski definition) is 6. The first-order valence-electron chi connectivity index (χ1n) is 15.0. The van der Waals surface area contributed by atoms with E-state index in [0.29, 0.717) is 42.5 Å². The SMILES string of the molecule is Nc1ncnc(N2CCC(c3nc(-c4ccc(F)c(C(F)(F)F)c4)cn3CCN3CCCCC3)CC2)c1-c1ccc(F)cc1. The number of likely N-dealkylation sites (tertiary alicyclic amines) is 1. The van der Waals surface area contributed by atoms with E-state index in [1.54, 1.807) is 18.3 Å². The number of nitrogen functional groups attached to an aromatic ring is 1. The zero-order chi connectivity index (χ0) is 30.8. The summed E-state index contributed by atoms with van der Waals surface area (Å²) in [6.07, 6.45) is 3.41. The summed E-state index contributed by atoms with van der Waals surface area (Å²) in [6, 6.07) is 9.10. The largest absolute Gasteiger partial charge is 0.419 e. The number of piperidine rings is 2. The summed E-state index contributed by atoms with van der Waals surface area (Å²) in [6.45, 7) is 4.81. The Balaban J connectivity index is 1.26. The number of anilines is 2. The second-order valence-corrected chi connectivity index (χ2v) is 11.5. The van der Waals surface area contributed by atoms with Crippen LogP contribution in [0, 0.1) is 11.6 Å². The molecule has 44 heavy (non-hydrogen) atoms. The molecule has 2 N–H and O–H groups in total. The average molecular weight is 612 g/mol. The molecular formula is C32H34F5N7. The molecule has 0 aliphatic carbocycles. The van der Waals surface area contributed by atoms with Gasteiger partial charge >= 0.3 is 6.18 Å². The second kappa shape index (κ2) is 12.5. The molecule has 6 rings (SSSR count). The van der Waals surface area contributed by atoms with Gasteiger partial charge in [0.15, 0.2) is 0 Å². The van der Waals surface area contributed by atoms with Crippen LogP contribution in [0.2, 0.25) is 0 Å². The minimum Gasteiger partial charge on any atom is -0.383 e. The topological polar surface area (TPSA) is 76.1 Å². The maximum Gasteiger partial charge on any atom is 0.419 e. The second-order valence-electron chi connectivity index (χ2n) is 11.5. The van der Waals surface area contributed by atoms with Crippen molar-refractivity contribution in [3.8, 4) is 22.4 Å². The van der Waals surface area contributed by atoms with Gasteiger partial charge in [-0.3, -0.25) is 0 Å². The Kier molecular flexibility index (Phi) is 8.53. The highest BCUT2D eigenvalue weighted by atomic mass is 19.4. The van der Waals surface area contributed by atoms with Gasteiger partial charge in [0, 0.05) is 43.9 Å². The number of benzene rings is 2. The molecule has 7 nitrogen and oxygen atoms in total. The lowest BCUT2D eigenvalue weighted by Gasteiger charge is -2.34. The Morgan fingerprint density at radius 2 is 1.55 bits per heavy atom. The third-order valence-corrected chi connectivity index (χ3v) is 8.63. The Hall–Kier alpha value is -4.06. The quantitative estimate of drug-likeness (QED) is 0.233. The molecule has 0 unspecified atom stereocenters. The van der Waals surface area contributed by atoms with Gasteiger partial charge in [0.25, 0.3) is 0 Å². The van der Waals surface area contributed by atoms with Gasteiger partial charge < -0.3 is 20.1 Å². The fourth-order valence-electron chi connectivity index (χ4n) is 6.28. The van der Waals surface area contributed by atoms with E-state index in [-0.39, 0.29) is 17.3 Å². The van der Waals surface area contributed by atoms with Crippen molar-refractivity contribution in [2.75, 3.05) is 43.4 Å². The van der Waals surface area contributed by atoms with Crippen LogP contribution in [0.15, 0.2) is 55.0 Å². The van der Waals surface area contributed by atoms with Crippen LogP contribution in [-0.4, -0.2) is 57.1 Å². The molecule has 2 aromatic carbocycles. The van der Waals surface area contributed by atoms with Gasteiger partial charge in [0.05, 0.1) is 16.8 Å². The molecule has 4 heterocycles. The molecule has 232 valence electrons. The van der Waals surface area contributed by atoms with Gasteiger partial charge in [0.1, 0.15) is 35.4 Å². The Labute approximate surface area is 252 Å². The molecule has 2 fully saturated rings. The van der Waals surface area contributed by atoms with Crippen molar-refractivity contribution in [2.45, 2.75) is 50.7 Å². The standard InChI is InChI=1S/C32H34F5N7/c33-24-7-4-21(5-8-24)28-29(38)39-20-40-31(28)43-14-10-22(11-15-43)30-41-27(19-44(30)17-16-42-12-2-1-3-13-42)23-6-9-26(34)25(18-23)32(35,36)37/h4-9,18-20,22H,1-3,10-17H2,(H2,38,39,40). The third-order valence-electron chi connectivity index (χ3n) is 8.63. The van der Waals surface area contributed by atoms with Crippen LogP contribution in [0.3, 0.4) is 0 Å². The first-order chi connectivity index (χ1) is 21.2. The van der Waals surface area contributed by atoms with Crippen molar-refractivity contribution < 1.29 is 22.0 Å². The van der Waals surface area contributed by atoms with E-state index in [1.165, 1.54) is 30.9 Å². The fraction of sp³-hybridized carbons (Fsp3) is 0.406. The highest BCUT2D eigenvalue weighted by molar-refractivity contribution is 5.84. The minimum absolute atomic E-state index is 0.0531. The van der Waals surface area contributed by atoms with Gasteiger partial charge in [-0.1, -0.05) is 18.6 Å². The average Bonchev–Trinajstić information content (AvgIpc) is 3.45. The molecular weight excluding hydrogens is 577 g/mol. The predicted octanol–water partition coefficient (Wildman–Crippen LogP) is 6.76. The van der Waals surface area contributed by atoms with E-state index in [4.69, 9.17) is 10.7 Å². The highest BCUT2D eigenvalue weighted by Crippen LogP contribution is 2.38. The normalized spacial score (nSPS) is 16.9. The molecule has 12 heteroatoms. The first-order valence-corrected chi connectivity index (χ1v) is 15.0. The van der Waals surface area contributed by atoms with Gasteiger partial charge in [-0.25, -0.2) is 23.7 Å². The smallest absolute Gasteiger partial charge is 0.383 e.